The van der Waals surface area contributed by atoms with Crippen molar-refractivity contribution in [2.45, 2.75) is 13.0 Å². The number of aromatic nitrogens is 2. The molecular formula is C8H8BrN3S2. The molecular weight excluding hydrogens is 282 g/mol. The van der Waals surface area contributed by atoms with E-state index in [0.717, 1.165) is 14.7 Å². The first kappa shape index (κ1) is 10.1. The summed E-state index contributed by atoms with van der Waals surface area (Å²) in [7, 11) is 0. The Kier molecular flexibility index (Phi) is 3.15. The summed E-state index contributed by atoms with van der Waals surface area (Å²) in [6, 6.07) is 0.216. The molecule has 0 aromatic carbocycles. The third kappa shape index (κ3) is 2.31. The van der Waals surface area contributed by atoms with Crippen LogP contribution in [0.3, 0.4) is 0 Å². The predicted octanol–water partition coefficient (Wildman–Crippen LogP) is 3.54. The molecule has 1 N–H and O–H groups in total. The van der Waals surface area contributed by atoms with E-state index in [1.807, 2.05) is 17.0 Å². The summed E-state index contributed by atoms with van der Waals surface area (Å²) < 4.78 is 0.872. The molecule has 0 spiro atoms. The Balaban J connectivity index is 2.05. The summed E-state index contributed by atoms with van der Waals surface area (Å²) in [6.07, 6.45) is 1.82. The number of anilines is 1. The number of hydrogen-bond donors (Lipinski definition) is 1. The maximum Gasteiger partial charge on any atom is 0.184 e. The highest BCUT2D eigenvalue weighted by Gasteiger charge is 2.09. The van der Waals surface area contributed by atoms with E-state index < -0.39 is 0 Å². The number of nitrogens with zero attached hydrogens (tertiary/aromatic N) is 2. The van der Waals surface area contributed by atoms with Gasteiger partial charge in [-0.15, -0.1) is 22.7 Å². The molecule has 2 aromatic heterocycles. The van der Waals surface area contributed by atoms with E-state index in [1.165, 1.54) is 0 Å². The van der Waals surface area contributed by atoms with E-state index in [1.54, 1.807) is 22.7 Å². The lowest BCUT2D eigenvalue weighted by molar-refractivity contribution is 0.866. The smallest absolute Gasteiger partial charge is 0.184 e. The fraction of sp³-hybridized carbons (Fsp3) is 0.250. The largest absolute Gasteiger partial charge is 0.353 e. The van der Waals surface area contributed by atoms with Crippen LogP contribution in [0.15, 0.2) is 21.6 Å². The molecule has 2 aromatic rings. The molecule has 2 rings (SSSR count). The molecule has 0 saturated carbocycles. The first-order valence-corrected chi connectivity index (χ1v) is 6.58. The van der Waals surface area contributed by atoms with E-state index >= 15 is 0 Å². The summed E-state index contributed by atoms with van der Waals surface area (Å²) in [6.45, 7) is 2.08. The van der Waals surface area contributed by atoms with Crippen molar-refractivity contribution in [2.24, 2.45) is 0 Å². The molecule has 6 heteroatoms. The molecule has 0 amide bonds. The van der Waals surface area contributed by atoms with Gasteiger partial charge in [0.1, 0.15) is 9.61 Å². The van der Waals surface area contributed by atoms with Gasteiger partial charge >= 0.3 is 0 Å². The minimum Gasteiger partial charge on any atom is -0.353 e. The number of hydrogen-bond acceptors (Lipinski definition) is 5. The molecule has 1 atom stereocenters. The summed E-state index contributed by atoms with van der Waals surface area (Å²) in [4.78, 5) is 8.50. The average Bonchev–Trinajstić information content (AvgIpc) is 2.75. The Labute approximate surface area is 98.4 Å². The molecule has 2 heterocycles. The molecule has 0 aliphatic carbocycles. The third-order valence-electron chi connectivity index (χ3n) is 1.64. The highest BCUT2D eigenvalue weighted by atomic mass is 79.9. The van der Waals surface area contributed by atoms with Gasteiger partial charge in [0, 0.05) is 17.0 Å². The van der Waals surface area contributed by atoms with Crippen molar-refractivity contribution in [1.82, 2.24) is 9.97 Å². The van der Waals surface area contributed by atoms with Crippen LogP contribution in [0.5, 0.6) is 0 Å². The zero-order valence-corrected chi connectivity index (χ0v) is 10.6. The van der Waals surface area contributed by atoms with E-state index in [9.17, 15) is 0 Å². The molecule has 74 valence electrons. The predicted molar refractivity (Wildman–Crippen MR) is 64.0 cm³/mol. The van der Waals surface area contributed by atoms with Gasteiger partial charge < -0.3 is 5.32 Å². The minimum absolute atomic E-state index is 0.216. The topological polar surface area (TPSA) is 37.8 Å². The Morgan fingerprint density at radius 3 is 2.93 bits per heavy atom. The van der Waals surface area contributed by atoms with Gasteiger partial charge in [-0.2, -0.15) is 0 Å². The number of nitrogens with one attached hydrogen (secondary N) is 1. The van der Waals surface area contributed by atoms with E-state index in [0.29, 0.717) is 0 Å². The van der Waals surface area contributed by atoms with Crippen molar-refractivity contribution in [3.8, 4) is 0 Å². The highest BCUT2D eigenvalue weighted by Crippen LogP contribution is 2.25. The molecule has 0 saturated heterocycles. The summed E-state index contributed by atoms with van der Waals surface area (Å²) >= 11 is 6.55. The molecule has 0 aliphatic rings. The zero-order valence-electron chi connectivity index (χ0n) is 7.40. The Bertz CT molecular complexity index is 398. The van der Waals surface area contributed by atoms with Crippen molar-refractivity contribution in [1.29, 1.82) is 0 Å². The normalized spacial score (nSPS) is 12.7. The monoisotopic (exact) mass is 289 g/mol. The lowest BCUT2D eigenvalue weighted by Gasteiger charge is -2.08. The van der Waals surface area contributed by atoms with Crippen LogP contribution in [0, 0.1) is 0 Å². The standard InChI is InChI=1S/C8H8BrN3S2/c1-5(7-10-2-3-13-7)11-8-12-6(9)4-14-8/h2-5H,1H3,(H,11,12). The van der Waals surface area contributed by atoms with Crippen LogP contribution >= 0.6 is 38.6 Å². The Hall–Kier alpha value is -0.460. The third-order valence-corrected chi connectivity index (χ3v) is 4.08. The van der Waals surface area contributed by atoms with E-state index in [4.69, 9.17) is 0 Å². The first-order chi connectivity index (χ1) is 6.75. The van der Waals surface area contributed by atoms with Crippen LogP contribution in [-0.4, -0.2) is 9.97 Å². The lowest BCUT2D eigenvalue weighted by atomic mass is 10.4. The second-order valence-corrected chi connectivity index (χ2v) is 5.31. The average molecular weight is 290 g/mol. The summed E-state index contributed by atoms with van der Waals surface area (Å²) in [5.41, 5.74) is 0. The second-order valence-electron chi connectivity index (χ2n) is 2.71. The maximum atomic E-state index is 4.26. The van der Waals surface area contributed by atoms with Crippen molar-refractivity contribution in [2.75, 3.05) is 5.32 Å². The summed E-state index contributed by atoms with van der Waals surface area (Å²) in [5.74, 6) is 0. The Morgan fingerprint density at radius 2 is 2.36 bits per heavy atom. The van der Waals surface area contributed by atoms with Crippen LogP contribution in [-0.2, 0) is 0 Å². The second kappa shape index (κ2) is 4.37. The number of halogens is 1. The summed E-state index contributed by atoms with van der Waals surface area (Å²) in [5, 5.41) is 9.22. The van der Waals surface area contributed by atoms with Gasteiger partial charge in [0.2, 0.25) is 0 Å². The van der Waals surface area contributed by atoms with Crippen molar-refractivity contribution < 1.29 is 0 Å². The first-order valence-electron chi connectivity index (χ1n) is 4.02. The molecule has 0 bridgehead atoms. The lowest BCUT2D eigenvalue weighted by Crippen LogP contribution is -2.05. The van der Waals surface area contributed by atoms with E-state index in [2.05, 4.69) is 38.1 Å². The fourth-order valence-corrected chi connectivity index (χ4v) is 2.89. The number of rotatable bonds is 3. The van der Waals surface area contributed by atoms with Gasteiger partial charge in [0.25, 0.3) is 0 Å². The van der Waals surface area contributed by atoms with Crippen LogP contribution in [0.25, 0.3) is 0 Å². The van der Waals surface area contributed by atoms with Gasteiger partial charge in [0.15, 0.2) is 5.13 Å². The minimum atomic E-state index is 0.216. The number of thiazole rings is 2. The van der Waals surface area contributed by atoms with Crippen LogP contribution < -0.4 is 5.32 Å². The van der Waals surface area contributed by atoms with Crippen LogP contribution in [0.1, 0.15) is 18.0 Å². The van der Waals surface area contributed by atoms with Gasteiger partial charge in [-0.3, -0.25) is 0 Å². The molecule has 0 radical (unpaired) electrons. The van der Waals surface area contributed by atoms with Crippen LogP contribution in [0.4, 0.5) is 5.13 Å². The van der Waals surface area contributed by atoms with Crippen molar-refractivity contribution >= 4 is 43.7 Å². The maximum absolute atomic E-state index is 4.26. The van der Waals surface area contributed by atoms with Crippen molar-refractivity contribution in [3.63, 3.8) is 0 Å². The van der Waals surface area contributed by atoms with Crippen molar-refractivity contribution in [3.05, 3.63) is 26.6 Å². The van der Waals surface area contributed by atoms with Gasteiger partial charge in [-0.05, 0) is 22.9 Å². The molecule has 3 nitrogen and oxygen atoms in total. The SMILES string of the molecule is CC(Nc1nc(Br)cs1)c1nccs1. The molecule has 0 aliphatic heterocycles. The molecule has 0 fully saturated rings. The highest BCUT2D eigenvalue weighted by molar-refractivity contribution is 9.10. The zero-order chi connectivity index (χ0) is 9.97. The van der Waals surface area contributed by atoms with E-state index in [-0.39, 0.29) is 6.04 Å². The fourth-order valence-electron chi connectivity index (χ4n) is 1.02. The molecule has 14 heavy (non-hydrogen) atoms. The Morgan fingerprint density at radius 1 is 1.50 bits per heavy atom. The van der Waals surface area contributed by atoms with Gasteiger partial charge in [0.05, 0.1) is 6.04 Å². The van der Waals surface area contributed by atoms with Gasteiger partial charge in [-0.25, -0.2) is 9.97 Å². The molecule has 1 unspecified atom stereocenters. The van der Waals surface area contributed by atoms with Gasteiger partial charge in [-0.1, -0.05) is 0 Å². The quantitative estimate of drug-likeness (QED) is 0.939. The van der Waals surface area contributed by atoms with Crippen LogP contribution in [0.2, 0.25) is 0 Å².